The van der Waals surface area contributed by atoms with E-state index in [4.69, 9.17) is 15.3 Å². The van der Waals surface area contributed by atoms with E-state index in [1.807, 2.05) is 0 Å². The van der Waals surface area contributed by atoms with Crippen LogP contribution in [0.3, 0.4) is 0 Å². The summed E-state index contributed by atoms with van der Waals surface area (Å²) in [6.45, 7) is 5.61. The highest BCUT2D eigenvalue weighted by atomic mass is 16.6. The van der Waals surface area contributed by atoms with E-state index in [1.54, 1.807) is 7.11 Å². The van der Waals surface area contributed by atoms with E-state index in [-0.39, 0.29) is 0 Å². The van der Waals surface area contributed by atoms with Gasteiger partial charge in [0.25, 0.3) is 0 Å². The lowest BCUT2D eigenvalue weighted by molar-refractivity contribution is 0.145. The van der Waals surface area contributed by atoms with Gasteiger partial charge in [0.05, 0.1) is 5.71 Å². The molecule has 0 saturated heterocycles. The van der Waals surface area contributed by atoms with Gasteiger partial charge in [-0.05, 0) is 31.7 Å². The van der Waals surface area contributed by atoms with E-state index in [0.29, 0.717) is 13.2 Å². The molecule has 5 nitrogen and oxygen atoms in total. The lowest BCUT2D eigenvalue weighted by atomic mass is 10.0. The van der Waals surface area contributed by atoms with Gasteiger partial charge in [-0.15, -0.1) is 0 Å². The number of rotatable bonds is 12. The second-order valence-electron chi connectivity index (χ2n) is 5.23. The molecule has 1 aromatic rings. The third-order valence-corrected chi connectivity index (χ3v) is 3.26. The highest BCUT2D eigenvalue weighted by molar-refractivity contribution is 6.00. The van der Waals surface area contributed by atoms with Gasteiger partial charge >= 0.3 is 0 Å². The van der Waals surface area contributed by atoms with Gasteiger partial charge in [0.15, 0.2) is 0 Å². The van der Waals surface area contributed by atoms with E-state index in [1.165, 1.54) is 5.56 Å². The maximum absolute atomic E-state index is 5.44. The van der Waals surface area contributed by atoms with Crippen molar-refractivity contribution in [1.29, 1.82) is 0 Å². The van der Waals surface area contributed by atoms with Gasteiger partial charge in [0.1, 0.15) is 6.61 Å². The fraction of sp³-hybridized carbons (Fsp3) is 0.588. The van der Waals surface area contributed by atoms with E-state index >= 15 is 0 Å². The molecule has 22 heavy (non-hydrogen) atoms. The summed E-state index contributed by atoms with van der Waals surface area (Å²) >= 11 is 0. The molecule has 0 saturated carbocycles. The first-order valence-electron chi connectivity index (χ1n) is 7.93. The SMILES string of the molecule is COCCCC/C(=N\OCCNCCN)c1ccc(C)cc1. The number of nitrogens with two attached hydrogens (primary N) is 1. The summed E-state index contributed by atoms with van der Waals surface area (Å²) in [5.74, 6) is 0. The number of oxime groups is 1. The van der Waals surface area contributed by atoms with Crippen molar-refractivity contribution in [2.75, 3.05) is 40.0 Å². The monoisotopic (exact) mass is 307 g/mol. The maximum atomic E-state index is 5.44. The molecule has 0 bridgehead atoms. The van der Waals surface area contributed by atoms with Crippen LogP contribution in [-0.4, -0.2) is 45.7 Å². The van der Waals surface area contributed by atoms with Crippen LogP contribution >= 0.6 is 0 Å². The minimum absolute atomic E-state index is 0.549. The van der Waals surface area contributed by atoms with E-state index in [9.17, 15) is 0 Å². The third kappa shape index (κ3) is 8.12. The van der Waals surface area contributed by atoms with E-state index in [2.05, 4.69) is 41.7 Å². The van der Waals surface area contributed by atoms with E-state index < -0.39 is 0 Å². The Hall–Kier alpha value is -1.43. The molecule has 0 unspecified atom stereocenters. The number of benzene rings is 1. The lowest BCUT2D eigenvalue weighted by Gasteiger charge is -2.08. The summed E-state index contributed by atoms with van der Waals surface area (Å²) in [4.78, 5) is 5.44. The van der Waals surface area contributed by atoms with Gasteiger partial charge in [-0.1, -0.05) is 35.0 Å². The molecular formula is C17H29N3O2. The Kier molecular flexibility index (Phi) is 10.3. The Morgan fingerprint density at radius 1 is 1.14 bits per heavy atom. The van der Waals surface area contributed by atoms with Crippen LogP contribution in [0.15, 0.2) is 29.4 Å². The average Bonchev–Trinajstić information content (AvgIpc) is 2.53. The number of aryl methyl sites for hydroxylation is 1. The van der Waals surface area contributed by atoms with Crippen molar-refractivity contribution in [1.82, 2.24) is 5.32 Å². The Morgan fingerprint density at radius 3 is 2.59 bits per heavy atom. The summed E-state index contributed by atoms with van der Waals surface area (Å²) < 4.78 is 5.09. The first-order valence-corrected chi connectivity index (χ1v) is 7.93. The summed E-state index contributed by atoms with van der Waals surface area (Å²) in [5, 5.41) is 7.50. The van der Waals surface area contributed by atoms with Crippen molar-refractivity contribution >= 4 is 5.71 Å². The minimum Gasteiger partial charge on any atom is -0.394 e. The van der Waals surface area contributed by atoms with Crippen molar-refractivity contribution in [3.05, 3.63) is 35.4 Å². The molecule has 0 aromatic heterocycles. The number of ether oxygens (including phenoxy) is 1. The van der Waals surface area contributed by atoms with Crippen LogP contribution in [0.4, 0.5) is 0 Å². The number of nitrogens with zero attached hydrogens (tertiary/aromatic N) is 1. The fourth-order valence-corrected chi connectivity index (χ4v) is 2.00. The first-order chi connectivity index (χ1) is 10.8. The largest absolute Gasteiger partial charge is 0.394 e. The predicted octanol–water partition coefficient (Wildman–Crippen LogP) is 2.08. The van der Waals surface area contributed by atoms with Crippen LogP contribution in [0.2, 0.25) is 0 Å². The number of hydrogen-bond donors (Lipinski definition) is 2. The van der Waals surface area contributed by atoms with Gasteiger partial charge in [0.2, 0.25) is 0 Å². The molecule has 3 N–H and O–H groups in total. The molecule has 0 amide bonds. The zero-order valence-electron chi connectivity index (χ0n) is 13.8. The van der Waals surface area contributed by atoms with Crippen molar-refractivity contribution in [3.63, 3.8) is 0 Å². The highest BCUT2D eigenvalue weighted by Crippen LogP contribution is 2.10. The van der Waals surface area contributed by atoms with Crippen LogP contribution in [0.25, 0.3) is 0 Å². The summed E-state index contributed by atoms with van der Waals surface area (Å²) in [7, 11) is 1.73. The summed E-state index contributed by atoms with van der Waals surface area (Å²) in [5.41, 5.74) is 8.78. The second-order valence-corrected chi connectivity index (χ2v) is 5.23. The molecule has 1 aromatic carbocycles. The minimum atomic E-state index is 0.549. The molecule has 0 heterocycles. The topological polar surface area (TPSA) is 68.9 Å². The Balaban J connectivity index is 2.51. The van der Waals surface area contributed by atoms with Crippen LogP contribution in [0.1, 0.15) is 30.4 Å². The molecule has 0 atom stereocenters. The summed E-state index contributed by atoms with van der Waals surface area (Å²) in [6, 6.07) is 8.40. The Bertz CT molecular complexity index is 418. The fourth-order valence-electron chi connectivity index (χ4n) is 2.00. The predicted molar refractivity (Wildman–Crippen MR) is 91.3 cm³/mol. The molecular weight excluding hydrogens is 278 g/mol. The number of methoxy groups -OCH3 is 1. The van der Waals surface area contributed by atoms with E-state index in [0.717, 1.165) is 50.2 Å². The smallest absolute Gasteiger partial charge is 0.129 e. The number of unbranched alkanes of at least 4 members (excludes halogenated alkanes) is 1. The van der Waals surface area contributed by atoms with Gasteiger partial charge in [-0.25, -0.2) is 0 Å². The number of nitrogens with one attached hydrogen (secondary N) is 1. The van der Waals surface area contributed by atoms with Gasteiger partial charge in [-0.2, -0.15) is 0 Å². The average molecular weight is 307 g/mol. The van der Waals surface area contributed by atoms with Crippen LogP contribution < -0.4 is 11.1 Å². The standard InChI is InChI=1S/C17H29N3O2/c1-15-6-8-16(9-7-15)17(5-3-4-13-21-2)20-22-14-12-19-11-10-18/h6-9,19H,3-5,10-14,18H2,1-2H3/b20-17+. The molecule has 0 fully saturated rings. The lowest BCUT2D eigenvalue weighted by Crippen LogP contribution is -2.25. The summed E-state index contributed by atoms with van der Waals surface area (Å²) in [6.07, 6.45) is 2.96. The van der Waals surface area contributed by atoms with Crippen molar-refractivity contribution < 1.29 is 9.57 Å². The molecule has 124 valence electrons. The van der Waals surface area contributed by atoms with Gasteiger partial charge in [-0.3, -0.25) is 0 Å². The molecule has 1 rings (SSSR count). The van der Waals surface area contributed by atoms with Gasteiger partial charge < -0.3 is 20.6 Å². The molecule has 0 aliphatic carbocycles. The Morgan fingerprint density at radius 2 is 1.91 bits per heavy atom. The molecule has 0 aliphatic rings. The zero-order chi connectivity index (χ0) is 16.0. The molecule has 0 radical (unpaired) electrons. The third-order valence-electron chi connectivity index (χ3n) is 3.26. The second kappa shape index (κ2) is 12.1. The quantitative estimate of drug-likeness (QED) is 0.352. The first kappa shape index (κ1) is 18.6. The van der Waals surface area contributed by atoms with Gasteiger partial charge in [0, 0.05) is 33.4 Å². The normalized spacial score (nSPS) is 11.7. The molecule has 5 heteroatoms. The molecule has 0 aliphatic heterocycles. The van der Waals surface area contributed by atoms with Crippen molar-refractivity contribution in [2.24, 2.45) is 10.9 Å². The van der Waals surface area contributed by atoms with Crippen LogP contribution in [0, 0.1) is 6.92 Å². The van der Waals surface area contributed by atoms with Crippen LogP contribution in [0.5, 0.6) is 0 Å². The highest BCUT2D eigenvalue weighted by Gasteiger charge is 2.05. The Labute approximate surface area is 133 Å². The zero-order valence-corrected chi connectivity index (χ0v) is 13.8. The molecule has 0 spiro atoms. The van der Waals surface area contributed by atoms with Crippen LogP contribution in [-0.2, 0) is 9.57 Å². The van der Waals surface area contributed by atoms with Crippen molar-refractivity contribution in [3.8, 4) is 0 Å². The van der Waals surface area contributed by atoms with Crippen molar-refractivity contribution in [2.45, 2.75) is 26.2 Å². The number of hydrogen-bond acceptors (Lipinski definition) is 5. The maximum Gasteiger partial charge on any atom is 0.129 e.